The number of methoxy groups -OCH3 is 1. The van der Waals surface area contributed by atoms with Crippen molar-refractivity contribution in [1.82, 2.24) is 0 Å². The maximum absolute atomic E-state index is 11.4. The molecule has 0 atom stereocenters. The summed E-state index contributed by atoms with van der Waals surface area (Å²) in [5.41, 5.74) is 1.35. The summed E-state index contributed by atoms with van der Waals surface area (Å²) in [7, 11) is 1.29. The maximum Gasteiger partial charge on any atom is 0.340 e. The van der Waals surface area contributed by atoms with Crippen LogP contribution in [0.3, 0.4) is 0 Å². The molecule has 1 rings (SSSR count). The van der Waals surface area contributed by atoms with Crippen LogP contribution in [0.15, 0.2) is 18.2 Å². The van der Waals surface area contributed by atoms with Crippen molar-refractivity contribution in [3.63, 3.8) is 0 Å². The lowest BCUT2D eigenvalue weighted by Gasteiger charge is -2.09. The van der Waals surface area contributed by atoms with Gasteiger partial charge in [-0.3, -0.25) is 4.79 Å². The van der Waals surface area contributed by atoms with Gasteiger partial charge in [-0.05, 0) is 18.2 Å². The highest BCUT2D eigenvalue weighted by Gasteiger charge is 2.12. The van der Waals surface area contributed by atoms with Crippen LogP contribution in [0.5, 0.6) is 0 Å². The molecule has 0 aliphatic carbocycles. The van der Waals surface area contributed by atoms with Crippen LogP contribution < -0.4 is 10.0 Å². The van der Waals surface area contributed by atoms with Gasteiger partial charge in [-0.15, -0.1) is 0 Å². The van der Waals surface area contributed by atoms with Crippen LogP contribution in [0.1, 0.15) is 17.3 Å². The van der Waals surface area contributed by atoms with Gasteiger partial charge >= 0.3 is 5.97 Å². The van der Waals surface area contributed by atoms with E-state index in [2.05, 4.69) is 27.6 Å². The number of esters is 1. The van der Waals surface area contributed by atoms with Crippen LogP contribution in [0, 0.1) is 0 Å². The van der Waals surface area contributed by atoms with Crippen molar-refractivity contribution in [1.29, 1.82) is 0 Å². The topological polar surface area (TPSA) is 67.4 Å². The predicted octanol–water partition coefficient (Wildman–Crippen LogP) is 1.69. The number of amides is 1. The average molecular weight is 240 g/mol. The van der Waals surface area contributed by atoms with Gasteiger partial charge in [-0.2, -0.15) is 0 Å². The van der Waals surface area contributed by atoms with Gasteiger partial charge in [0.2, 0.25) is 5.91 Å². The van der Waals surface area contributed by atoms with E-state index in [1.54, 1.807) is 12.1 Å². The molecule has 2 N–H and O–H groups in total. The van der Waals surface area contributed by atoms with E-state index in [9.17, 15) is 9.59 Å². The molecule has 1 aromatic rings. The lowest BCUT2D eigenvalue weighted by molar-refractivity contribution is -0.114. The molecule has 0 radical (unpaired) electrons. The number of ether oxygens (including phenoxy) is 1. The zero-order valence-corrected chi connectivity index (χ0v) is 9.80. The van der Waals surface area contributed by atoms with Gasteiger partial charge in [0.1, 0.15) is 0 Å². The Morgan fingerprint density at radius 3 is 2.56 bits per heavy atom. The lowest BCUT2D eigenvalue weighted by atomic mass is 10.1. The molecular formula is C10H12N2O3S. The first-order valence-corrected chi connectivity index (χ1v) is 4.93. The second-order valence-corrected chi connectivity index (χ2v) is 3.27. The zero-order chi connectivity index (χ0) is 12.1. The molecule has 5 nitrogen and oxygen atoms in total. The second-order valence-electron chi connectivity index (χ2n) is 3.04. The second kappa shape index (κ2) is 5.41. The van der Waals surface area contributed by atoms with E-state index >= 15 is 0 Å². The van der Waals surface area contributed by atoms with Gasteiger partial charge in [0.05, 0.1) is 18.4 Å². The summed E-state index contributed by atoms with van der Waals surface area (Å²) in [5, 5.41) is 2.58. The van der Waals surface area contributed by atoms with Gasteiger partial charge < -0.3 is 14.8 Å². The van der Waals surface area contributed by atoms with Crippen molar-refractivity contribution in [2.24, 2.45) is 0 Å². The van der Waals surface area contributed by atoms with Crippen molar-refractivity contribution in [3.05, 3.63) is 23.8 Å². The third-order valence-corrected chi connectivity index (χ3v) is 2.11. The summed E-state index contributed by atoms with van der Waals surface area (Å²) >= 11 is 3.87. The van der Waals surface area contributed by atoms with E-state index in [0.29, 0.717) is 16.9 Å². The quantitative estimate of drug-likeness (QED) is 0.555. The Hall–Kier alpha value is -1.69. The Morgan fingerprint density at radius 2 is 2.06 bits per heavy atom. The highest BCUT2D eigenvalue weighted by Crippen LogP contribution is 2.22. The van der Waals surface area contributed by atoms with Gasteiger partial charge in [0.15, 0.2) is 0 Å². The standard InChI is InChI=1S/C10H12N2O3S/c1-6(13)11-7-3-4-9(12-16)8(5-7)10(14)15-2/h3-5,12,16H,1-2H3,(H,11,13). The largest absolute Gasteiger partial charge is 0.465 e. The summed E-state index contributed by atoms with van der Waals surface area (Å²) in [5.74, 6) is -0.703. The third kappa shape index (κ3) is 2.90. The van der Waals surface area contributed by atoms with E-state index in [-0.39, 0.29) is 5.91 Å². The Labute approximate surface area is 98.7 Å². The highest BCUT2D eigenvalue weighted by atomic mass is 32.1. The molecule has 1 aromatic carbocycles. The van der Waals surface area contributed by atoms with E-state index in [1.165, 1.54) is 20.1 Å². The molecule has 0 fully saturated rings. The Kier molecular flexibility index (Phi) is 4.19. The normalized spacial score (nSPS) is 9.44. The molecule has 0 heterocycles. The highest BCUT2D eigenvalue weighted by molar-refractivity contribution is 7.81. The average Bonchev–Trinajstić information content (AvgIpc) is 2.27. The SMILES string of the molecule is COC(=O)c1cc(NC(C)=O)ccc1NS. The molecule has 86 valence electrons. The van der Waals surface area contributed by atoms with Crippen LogP contribution in [-0.2, 0) is 9.53 Å². The van der Waals surface area contributed by atoms with Gasteiger partial charge in [0.25, 0.3) is 0 Å². The first-order valence-electron chi connectivity index (χ1n) is 4.48. The minimum atomic E-state index is -0.497. The zero-order valence-electron chi connectivity index (χ0n) is 8.90. The van der Waals surface area contributed by atoms with Crippen molar-refractivity contribution in [2.45, 2.75) is 6.92 Å². The number of nitrogens with one attached hydrogen (secondary N) is 2. The molecular weight excluding hydrogens is 228 g/mol. The van der Waals surface area contributed by atoms with Crippen LogP contribution in [0.4, 0.5) is 11.4 Å². The van der Waals surface area contributed by atoms with Gasteiger partial charge in [-0.1, -0.05) is 12.8 Å². The molecule has 1 amide bonds. The van der Waals surface area contributed by atoms with Crippen molar-refractivity contribution in [3.8, 4) is 0 Å². The number of hydrogen-bond donors (Lipinski definition) is 3. The summed E-state index contributed by atoms with van der Waals surface area (Å²) in [6.07, 6.45) is 0. The number of carbonyl (C=O) groups is 2. The van der Waals surface area contributed by atoms with E-state index in [1.807, 2.05) is 0 Å². The molecule has 0 unspecified atom stereocenters. The Balaban J connectivity index is 3.10. The van der Waals surface area contributed by atoms with Crippen LogP contribution in [0.2, 0.25) is 0 Å². The monoisotopic (exact) mass is 240 g/mol. The van der Waals surface area contributed by atoms with E-state index in [0.717, 1.165) is 0 Å². The van der Waals surface area contributed by atoms with Crippen molar-refractivity contribution in [2.75, 3.05) is 17.1 Å². The molecule has 0 aliphatic rings. The third-order valence-electron chi connectivity index (χ3n) is 1.87. The Bertz CT molecular complexity index is 421. The van der Waals surface area contributed by atoms with E-state index in [4.69, 9.17) is 0 Å². The number of benzene rings is 1. The minimum Gasteiger partial charge on any atom is -0.465 e. The van der Waals surface area contributed by atoms with Crippen molar-refractivity contribution < 1.29 is 14.3 Å². The minimum absolute atomic E-state index is 0.206. The fourth-order valence-electron chi connectivity index (χ4n) is 1.20. The van der Waals surface area contributed by atoms with Crippen LogP contribution in [0.25, 0.3) is 0 Å². The maximum atomic E-state index is 11.4. The fourth-order valence-corrected chi connectivity index (χ4v) is 1.40. The van der Waals surface area contributed by atoms with Gasteiger partial charge in [0, 0.05) is 12.6 Å². The number of rotatable bonds is 3. The summed E-state index contributed by atoms with van der Waals surface area (Å²) in [4.78, 5) is 22.3. The lowest BCUT2D eigenvalue weighted by Crippen LogP contribution is -2.09. The molecule has 16 heavy (non-hydrogen) atoms. The molecule has 0 bridgehead atoms. The molecule has 0 aromatic heterocycles. The molecule has 0 saturated carbocycles. The number of anilines is 2. The summed E-state index contributed by atoms with van der Waals surface area (Å²) < 4.78 is 7.19. The van der Waals surface area contributed by atoms with Gasteiger partial charge in [-0.25, -0.2) is 4.79 Å². The number of thiol groups is 1. The molecule has 0 aliphatic heterocycles. The molecule has 6 heteroatoms. The van der Waals surface area contributed by atoms with Crippen LogP contribution >= 0.6 is 12.8 Å². The molecule has 0 saturated heterocycles. The first kappa shape index (κ1) is 12.4. The predicted molar refractivity (Wildman–Crippen MR) is 64.7 cm³/mol. The fraction of sp³-hybridized carbons (Fsp3) is 0.200. The summed E-state index contributed by atoms with van der Waals surface area (Å²) in [6, 6.07) is 4.81. The first-order chi connectivity index (χ1) is 7.58. The number of carbonyl (C=O) groups excluding carboxylic acids is 2. The van der Waals surface area contributed by atoms with Crippen molar-refractivity contribution >= 4 is 36.1 Å². The summed E-state index contributed by atoms with van der Waals surface area (Å²) in [6.45, 7) is 1.39. The number of hydrogen-bond acceptors (Lipinski definition) is 5. The van der Waals surface area contributed by atoms with Crippen LogP contribution in [-0.4, -0.2) is 19.0 Å². The van der Waals surface area contributed by atoms with E-state index < -0.39 is 5.97 Å². The molecule has 0 spiro atoms. The Morgan fingerprint density at radius 1 is 1.38 bits per heavy atom. The smallest absolute Gasteiger partial charge is 0.340 e.